The Kier molecular flexibility index (Phi) is 4.74. The molecule has 118 valence electrons. The molecule has 1 saturated heterocycles. The van der Waals surface area contributed by atoms with Crippen LogP contribution >= 0.6 is 0 Å². The Bertz CT molecular complexity index is 494. The van der Waals surface area contributed by atoms with Gasteiger partial charge in [0, 0.05) is 12.1 Å². The second kappa shape index (κ2) is 6.20. The van der Waals surface area contributed by atoms with Crippen molar-refractivity contribution < 1.29 is 9.21 Å². The molecule has 0 aliphatic carbocycles. The van der Waals surface area contributed by atoms with Gasteiger partial charge >= 0.3 is 5.91 Å². The first kappa shape index (κ1) is 16.0. The molecule has 5 heteroatoms. The van der Waals surface area contributed by atoms with Crippen LogP contribution < -0.4 is 11.3 Å². The Morgan fingerprint density at radius 1 is 1.43 bits per heavy atom. The van der Waals surface area contributed by atoms with Crippen molar-refractivity contribution in [2.45, 2.75) is 47.1 Å². The molecule has 0 atom stereocenters. The van der Waals surface area contributed by atoms with Crippen molar-refractivity contribution in [2.24, 2.45) is 17.2 Å². The van der Waals surface area contributed by atoms with Crippen LogP contribution in [0.15, 0.2) is 10.5 Å². The van der Waals surface area contributed by atoms with Gasteiger partial charge in [0.05, 0.1) is 0 Å². The van der Waals surface area contributed by atoms with E-state index in [1.807, 2.05) is 6.92 Å². The molecule has 0 radical (unpaired) electrons. The van der Waals surface area contributed by atoms with E-state index in [0.717, 1.165) is 36.9 Å². The molecule has 2 rings (SSSR count). The fourth-order valence-electron chi connectivity index (χ4n) is 3.06. The van der Waals surface area contributed by atoms with Crippen LogP contribution in [0.2, 0.25) is 0 Å². The normalized spacial score (nSPS) is 18.0. The third-order valence-corrected chi connectivity index (χ3v) is 4.58. The van der Waals surface area contributed by atoms with Crippen LogP contribution in [0.4, 0.5) is 0 Å². The van der Waals surface area contributed by atoms with E-state index in [1.165, 1.54) is 12.8 Å². The first-order valence-electron chi connectivity index (χ1n) is 7.64. The maximum atomic E-state index is 11.5. The maximum absolute atomic E-state index is 11.5. The molecule has 1 amide bonds. The third kappa shape index (κ3) is 3.86. The second-order valence-electron chi connectivity index (χ2n) is 7.08. The van der Waals surface area contributed by atoms with E-state index in [2.05, 4.69) is 31.1 Å². The molecular formula is C16H27N3O2. The molecule has 0 saturated carbocycles. The van der Waals surface area contributed by atoms with E-state index < -0.39 is 0 Å². The minimum atomic E-state index is -0.379. The fraction of sp³-hybridized carbons (Fsp3) is 0.688. The number of aryl methyl sites for hydroxylation is 1. The fourth-order valence-corrected chi connectivity index (χ4v) is 3.06. The molecule has 3 N–H and O–H groups in total. The van der Waals surface area contributed by atoms with Crippen LogP contribution in [0.3, 0.4) is 0 Å². The summed E-state index contributed by atoms with van der Waals surface area (Å²) in [5.41, 5.74) is 3.57. The van der Waals surface area contributed by atoms with Gasteiger partial charge in [-0.15, -0.1) is 0 Å². The summed E-state index contributed by atoms with van der Waals surface area (Å²) in [5, 5.41) is 0. The van der Waals surface area contributed by atoms with Crippen molar-refractivity contribution >= 4 is 5.91 Å². The molecule has 0 unspecified atom stereocenters. The number of likely N-dealkylation sites (tertiary alicyclic amines) is 1. The number of amides is 1. The summed E-state index contributed by atoms with van der Waals surface area (Å²) in [6.07, 6.45) is 2.47. The molecule has 0 aromatic carbocycles. The van der Waals surface area contributed by atoms with E-state index in [0.29, 0.717) is 5.41 Å². The molecule has 1 fully saturated rings. The Hall–Kier alpha value is -1.33. The highest BCUT2D eigenvalue weighted by Gasteiger charge is 2.29. The van der Waals surface area contributed by atoms with Gasteiger partial charge in [-0.1, -0.05) is 20.8 Å². The molecule has 0 bridgehead atoms. The smallest absolute Gasteiger partial charge is 0.300 e. The van der Waals surface area contributed by atoms with E-state index in [9.17, 15) is 4.79 Å². The summed E-state index contributed by atoms with van der Waals surface area (Å²) in [7, 11) is 0. The SMILES string of the molecule is Cc1oc(C(=O)NN)cc1CN1CCC(C(C)(C)C)CC1. The summed E-state index contributed by atoms with van der Waals surface area (Å²) in [6.45, 7) is 11.9. The molecule has 1 aliphatic heterocycles. The lowest BCUT2D eigenvalue weighted by atomic mass is 9.75. The highest BCUT2D eigenvalue weighted by atomic mass is 16.4. The van der Waals surface area contributed by atoms with Gasteiger partial charge in [0.25, 0.3) is 0 Å². The van der Waals surface area contributed by atoms with Crippen molar-refractivity contribution in [3.8, 4) is 0 Å². The van der Waals surface area contributed by atoms with Gasteiger partial charge < -0.3 is 4.42 Å². The maximum Gasteiger partial charge on any atom is 0.300 e. The number of carbonyl (C=O) groups is 1. The number of furan rings is 1. The average Bonchev–Trinajstić information content (AvgIpc) is 2.79. The lowest BCUT2D eigenvalue weighted by Crippen LogP contribution is -2.37. The van der Waals surface area contributed by atoms with Crippen LogP contribution in [0.25, 0.3) is 0 Å². The van der Waals surface area contributed by atoms with Crippen molar-refractivity contribution in [3.63, 3.8) is 0 Å². The molecule has 21 heavy (non-hydrogen) atoms. The van der Waals surface area contributed by atoms with Crippen LogP contribution in [-0.2, 0) is 6.54 Å². The zero-order valence-electron chi connectivity index (χ0n) is 13.5. The van der Waals surface area contributed by atoms with Crippen LogP contribution in [-0.4, -0.2) is 23.9 Å². The van der Waals surface area contributed by atoms with Gasteiger partial charge in [-0.25, -0.2) is 5.84 Å². The highest BCUT2D eigenvalue weighted by molar-refractivity contribution is 5.91. The first-order valence-corrected chi connectivity index (χ1v) is 7.64. The molecule has 1 aromatic heterocycles. The number of carbonyl (C=O) groups excluding carboxylic acids is 1. The van der Waals surface area contributed by atoms with Gasteiger partial charge in [0.2, 0.25) is 0 Å². The predicted molar refractivity (Wildman–Crippen MR) is 82.6 cm³/mol. The Morgan fingerprint density at radius 2 is 2.05 bits per heavy atom. The zero-order chi connectivity index (χ0) is 15.6. The van der Waals surface area contributed by atoms with Crippen LogP contribution in [0, 0.1) is 18.3 Å². The minimum Gasteiger partial charge on any atom is -0.456 e. The lowest BCUT2D eigenvalue weighted by molar-refractivity contribution is 0.0924. The van der Waals surface area contributed by atoms with Gasteiger partial charge in [0.1, 0.15) is 5.76 Å². The highest BCUT2D eigenvalue weighted by Crippen LogP contribution is 2.34. The Labute approximate surface area is 126 Å². The van der Waals surface area contributed by atoms with Crippen LogP contribution in [0.1, 0.15) is 55.5 Å². The summed E-state index contributed by atoms with van der Waals surface area (Å²) >= 11 is 0. The molecular weight excluding hydrogens is 266 g/mol. The Balaban J connectivity index is 1.95. The number of nitrogens with one attached hydrogen (secondary N) is 1. The number of nitrogens with two attached hydrogens (primary N) is 1. The van der Waals surface area contributed by atoms with Gasteiger partial charge in [-0.3, -0.25) is 15.1 Å². The third-order valence-electron chi connectivity index (χ3n) is 4.58. The zero-order valence-corrected chi connectivity index (χ0v) is 13.5. The van der Waals surface area contributed by atoms with Gasteiger partial charge in [-0.2, -0.15) is 0 Å². The number of hydrogen-bond donors (Lipinski definition) is 2. The summed E-state index contributed by atoms with van der Waals surface area (Å²) in [5.74, 6) is 6.63. The lowest BCUT2D eigenvalue weighted by Gasteiger charge is -2.38. The monoisotopic (exact) mass is 293 g/mol. The quantitative estimate of drug-likeness (QED) is 0.510. The van der Waals surface area contributed by atoms with Crippen molar-refractivity contribution in [1.82, 2.24) is 10.3 Å². The molecule has 1 aromatic rings. The molecule has 0 spiro atoms. The summed E-state index contributed by atoms with van der Waals surface area (Å²) in [4.78, 5) is 13.9. The van der Waals surface area contributed by atoms with E-state index >= 15 is 0 Å². The standard InChI is InChI=1S/C16H27N3O2/c1-11-12(9-14(21-11)15(20)18-17)10-19-7-5-13(6-8-19)16(2,3)4/h9,13H,5-8,10,17H2,1-4H3,(H,18,20). The number of hydrazine groups is 1. The molecule has 5 nitrogen and oxygen atoms in total. The van der Waals surface area contributed by atoms with Gasteiger partial charge in [-0.05, 0) is 50.3 Å². The number of piperidine rings is 1. The van der Waals surface area contributed by atoms with Gasteiger partial charge in [0.15, 0.2) is 5.76 Å². The van der Waals surface area contributed by atoms with E-state index in [1.54, 1.807) is 6.07 Å². The largest absolute Gasteiger partial charge is 0.456 e. The predicted octanol–water partition coefficient (Wildman–Crippen LogP) is 2.45. The minimum absolute atomic E-state index is 0.287. The number of hydrogen-bond acceptors (Lipinski definition) is 4. The van der Waals surface area contributed by atoms with Crippen molar-refractivity contribution in [2.75, 3.05) is 13.1 Å². The Morgan fingerprint density at radius 3 is 2.57 bits per heavy atom. The topological polar surface area (TPSA) is 71.5 Å². The van der Waals surface area contributed by atoms with Crippen molar-refractivity contribution in [1.29, 1.82) is 0 Å². The molecule has 1 aliphatic rings. The molecule has 2 heterocycles. The number of rotatable bonds is 3. The summed E-state index contributed by atoms with van der Waals surface area (Å²) < 4.78 is 5.47. The second-order valence-corrected chi connectivity index (χ2v) is 7.08. The van der Waals surface area contributed by atoms with E-state index in [4.69, 9.17) is 10.3 Å². The van der Waals surface area contributed by atoms with Crippen molar-refractivity contribution in [3.05, 3.63) is 23.2 Å². The van der Waals surface area contributed by atoms with Crippen LogP contribution in [0.5, 0.6) is 0 Å². The number of nitrogen functional groups attached to an aromatic ring is 1. The average molecular weight is 293 g/mol. The summed E-state index contributed by atoms with van der Waals surface area (Å²) in [6, 6.07) is 1.80. The van der Waals surface area contributed by atoms with E-state index in [-0.39, 0.29) is 11.7 Å². The first-order chi connectivity index (χ1) is 9.81. The number of nitrogens with zero attached hydrogens (tertiary/aromatic N) is 1.